The number of nitrogens with one attached hydrogen (secondary N) is 2. The number of thiophene rings is 2. The molecular formula is C25H22N2O3S3. The zero-order valence-electron chi connectivity index (χ0n) is 17.9. The topological polar surface area (TPSA) is 75.3 Å². The second-order valence-electron chi connectivity index (χ2n) is 8.11. The lowest BCUT2D eigenvalue weighted by atomic mass is 9.96. The largest absolute Gasteiger partial charge is 0.322 e. The van der Waals surface area contributed by atoms with Crippen molar-refractivity contribution in [1.29, 1.82) is 0 Å². The van der Waals surface area contributed by atoms with E-state index >= 15 is 0 Å². The molecule has 0 spiro atoms. The molecule has 4 aromatic rings. The molecule has 1 unspecified atom stereocenters. The summed E-state index contributed by atoms with van der Waals surface area (Å²) in [4.78, 5) is 13.2. The molecule has 1 atom stereocenters. The van der Waals surface area contributed by atoms with Gasteiger partial charge in [0.25, 0.3) is 5.91 Å². The van der Waals surface area contributed by atoms with Gasteiger partial charge in [0.05, 0.1) is 0 Å². The fourth-order valence-corrected chi connectivity index (χ4v) is 7.21. The van der Waals surface area contributed by atoms with Crippen LogP contribution in [0.15, 0.2) is 74.9 Å². The lowest BCUT2D eigenvalue weighted by Gasteiger charge is -2.13. The van der Waals surface area contributed by atoms with Gasteiger partial charge in [-0.25, -0.2) is 13.1 Å². The molecule has 2 aromatic carbocycles. The Morgan fingerprint density at radius 3 is 2.61 bits per heavy atom. The van der Waals surface area contributed by atoms with Crippen LogP contribution in [0, 0.1) is 6.92 Å². The Balaban J connectivity index is 1.33. The van der Waals surface area contributed by atoms with E-state index in [1.807, 2.05) is 60.1 Å². The van der Waals surface area contributed by atoms with Crippen LogP contribution in [0.5, 0.6) is 0 Å². The molecule has 0 fully saturated rings. The van der Waals surface area contributed by atoms with Gasteiger partial charge in [-0.05, 0) is 94.1 Å². The molecule has 2 aromatic heterocycles. The molecule has 1 amide bonds. The number of sulfonamides is 1. The van der Waals surface area contributed by atoms with E-state index in [0.717, 1.165) is 27.8 Å². The SMILES string of the molecule is Cc1cccc(C(=O)Nc2ccc3c(c2)CC(NS(=O)(=O)c2cccs2)C3)c1-c1ccsc1. The van der Waals surface area contributed by atoms with Crippen LogP contribution in [0.3, 0.4) is 0 Å². The first-order chi connectivity index (χ1) is 15.9. The monoisotopic (exact) mass is 494 g/mol. The maximum Gasteiger partial charge on any atom is 0.256 e. The van der Waals surface area contributed by atoms with E-state index in [4.69, 9.17) is 0 Å². The van der Waals surface area contributed by atoms with E-state index in [2.05, 4.69) is 10.0 Å². The Kier molecular flexibility index (Phi) is 5.92. The van der Waals surface area contributed by atoms with Crippen molar-refractivity contribution in [3.8, 4) is 11.1 Å². The lowest BCUT2D eigenvalue weighted by molar-refractivity contribution is 0.102. The quantitative estimate of drug-likeness (QED) is 0.373. The van der Waals surface area contributed by atoms with Crippen molar-refractivity contribution in [2.24, 2.45) is 0 Å². The highest BCUT2D eigenvalue weighted by atomic mass is 32.2. The number of fused-ring (bicyclic) bond motifs is 1. The van der Waals surface area contributed by atoms with Gasteiger partial charge in [-0.1, -0.05) is 24.3 Å². The van der Waals surface area contributed by atoms with Crippen LogP contribution in [0.1, 0.15) is 27.0 Å². The van der Waals surface area contributed by atoms with Gasteiger partial charge in [0.15, 0.2) is 0 Å². The smallest absolute Gasteiger partial charge is 0.256 e. The van der Waals surface area contributed by atoms with Crippen molar-refractivity contribution >= 4 is 44.3 Å². The standard InChI is InChI=1S/C25H22N2O3S3/c1-16-4-2-5-22(24(16)18-9-11-31-15-18)25(28)26-20-8-7-17-12-21(14-19(17)13-20)27-33(29,30)23-6-3-10-32-23/h2-11,13,15,21,27H,12,14H2,1H3,(H,26,28). The van der Waals surface area contributed by atoms with Crippen LogP contribution in [0.25, 0.3) is 11.1 Å². The van der Waals surface area contributed by atoms with E-state index in [-0.39, 0.29) is 11.9 Å². The summed E-state index contributed by atoms with van der Waals surface area (Å²) in [5.74, 6) is -0.159. The van der Waals surface area contributed by atoms with Gasteiger partial charge < -0.3 is 5.32 Å². The predicted molar refractivity (Wildman–Crippen MR) is 135 cm³/mol. The highest BCUT2D eigenvalue weighted by molar-refractivity contribution is 7.91. The zero-order valence-corrected chi connectivity index (χ0v) is 20.3. The minimum Gasteiger partial charge on any atom is -0.322 e. The lowest BCUT2D eigenvalue weighted by Crippen LogP contribution is -2.34. The molecule has 0 aliphatic heterocycles. The molecule has 33 heavy (non-hydrogen) atoms. The van der Waals surface area contributed by atoms with Crippen LogP contribution in [-0.4, -0.2) is 20.4 Å². The Morgan fingerprint density at radius 1 is 1.00 bits per heavy atom. The number of amides is 1. The van der Waals surface area contributed by atoms with E-state index in [1.165, 1.54) is 11.3 Å². The third-order valence-electron chi connectivity index (χ3n) is 5.81. The average Bonchev–Trinajstić information content (AvgIpc) is 3.54. The summed E-state index contributed by atoms with van der Waals surface area (Å²) in [6.07, 6.45) is 1.22. The Bertz CT molecular complexity index is 1410. The first kappa shape index (κ1) is 22.0. The molecular weight excluding hydrogens is 472 g/mol. The summed E-state index contributed by atoms with van der Waals surface area (Å²) in [7, 11) is -3.51. The van der Waals surface area contributed by atoms with Gasteiger partial charge in [-0.3, -0.25) is 4.79 Å². The van der Waals surface area contributed by atoms with Crippen LogP contribution < -0.4 is 10.0 Å². The van der Waals surface area contributed by atoms with Crippen LogP contribution in [0.4, 0.5) is 5.69 Å². The fourth-order valence-electron chi connectivity index (χ4n) is 4.32. The van der Waals surface area contributed by atoms with Gasteiger partial charge >= 0.3 is 0 Å². The summed E-state index contributed by atoms with van der Waals surface area (Å²) in [6, 6.07) is 16.7. The predicted octanol–water partition coefficient (Wildman–Crippen LogP) is 5.48. The highest BCUT2D eigenvalue weighted by Gasteiger charge is 2.27. The first-order valence-electron chi connectivity index (χ1n) is 10.5. The molecule has 2 heterocycles. The summed E-state index contributed by atoms with van der Waals surface area (Å²) < 4.78 is 28.3. The number of benzene rings is 2. The van der Waals surface area contributed by atoms with Crippen LogP contribution in [-0.2, 0) is 22.9 Å². The summed E-state index contributed by atoms with van der Waals surface area (Å²) in [6.45, 7) is 2.01. The van der Waals surface area contributed by atoms with Crippen molar-refractivity contribution in [3.05, 3.63) is 93.0 Å². The third kappa shape index (κ3) is 4.52. The van der Waals surface area contributed by atoms with Crippen LogP contribution >= 0.6 is 22.7 Å². The number of carbonyl (C=O) groups excluding carboxylic acids is 1. The molecule has 2 N–H and O–H groups in total. The number of hydrogen-bond acceptors (Lipinski definition) is 5. The molecule has 5 nitrogen and oxygen atoms in total. The van der Waals surface area contributed by atoms with E-state index in [1.54, 1.807) is 28.8 Å². The van der Waals surface area contributed by atoms with Gasteiger partial charge in [-0.2, -0.15) is 11.3 Å². The number of anilines is 1. The highest BCUT2D eigenvalue weighted by Crippen LogP contribution is 2.31. The molecule has 0 saturated heterocycles. The summed E-state index contributed by atoms with van der Waals surface area (Å²) in [5.41, 5.74) is 6.53. The number of hydrogen-bond donors (Lipinski definition) is 2. The minimum atomic E-state index is -3.51. The molecule has 168 valence electrons. The molecule has 0 saturated carbocycles. The molecule has 1 aliphatic carbocycles. The summed E-state index contributed by atoms with van der Waals surface area (Å²) >= 11 is 2.81. The maximum absolute atomic E-state index is 13.2. The third-order valence-corrected chi connectivity index (χ3v) is 9.41. The minimum absolute atomic E-state index is 0.159. The van der Waals surface area contributed by atoms with Crippen LogP contribution in [0.2, 0.25) is 0 Å². The number of carbonyl (C=O) groups is 1. The molecule has 5 rings (SSSR count). The van der Waals surface area contributed by atoms with Gasteiger partial charge in [0, 0.05) is 17.3 Å². The number of rotatable bonds is 6. The second-order valence-corrected chi connectivity index (χ2v) is 11.8. The van der Waals surface area contributed by atoms with Gasteiger partial charge in [-0.15, -0.1) is 11.3 Å². The van der Waals surface area contributed by atoms with E-state index in [0.29, 0.717) is 28.3 Å². The average molecular weight is 495 g/mol. The number of aryl methyl sites for hydroxylation is 1. The molecule has 8 heteroatoms. The Hall–Kier alpha value is -2.78. The Morgan fingerprint density at radius 2 is 1.85 bits per heavy atom. The maximum atomic E-state index is 13.2. The zero-order chi connectivity index (χ0) is 23.0. The summed E-state index contributed by atoms with van der Waals surface area (Å²) in [5, 5.41) is 8.84. The van der Waals surface area contributed by atoms with Crippen molar-refractivity contribution in [2.75, 3.05) is 5.32 Å². The van der Waals surface area contributed by atoms with Crippen molar-refractivity contribution in [3.63, 3.8) is 0 Å². The molecule has 1 aliphatic rings. The molecule has 0 radical (unpaired) electrons. The van der Waals surface area contributed by atoms with E-state index < -0.39 is 10.0 Å². The van der Waals surface area contributed by atoms with Crippen molar-refractivity contribution in [1.82, 2.24) is 4.72 Å². The second kappa shape index (κ2) is 8.87. The van der Waals surface area contributed by atoms with Gasteiger partial charge in [0.2, 0.25) is 10.0 Å². The Labute approximate surface area is 201 Å². The van der Waals surface area contributed by atoms with Crippen molar-refractivity contribution in [2.45, 2.75) is 30.0 Å². The van der Waals surface area contributed by atoms with Gasteiger partial charge in [0.1, 0.15) is 4.21 Å². The van der Waals surface area contributed by atoms with E-state index in [9.17, 15) is 13.2 Å². The molecule has 0 bridgehead atoms. The fraction of sp³-hybridized carbons (Fsp3) is 0.160. The normalized spacial score (nSPS) is 15.4. The first-order valence-corrected chi connectivity index (χ1v) is 13.8. The van der Waals surface area contributed by atoms with Crippen molar-refractivity contribution < 1.29 is 13.2 Å².